The Morgan fingerprint density at radius 3 is 2.52 bits per heavy atom. The second-order valence-corrected chi connectivity index (χ2v) is 5.03. The van der Waals surface area contributed by atoms with Crippen LogP contribution >= 0.6 is 0 Å². The highest BCUT2D eigenvalue weighted by Crippen LogP contribution is 2.26. The Kier molecular flexibility index (Phi) is 3.93. The smallest absolute Gasteiger partial charge is 0.211 e. The first-order chi connectivity index (χ1) is 11.2. The average Bonchev–Trinajstić information content (AvgIpc) is 2.97. The van der Waals surface area contributed by atoms with Gasteiger partial charge in [-0.05, 0) is 34.5 Å². The van der Waals surface area contributed by atoms with Crippen molar-refractivity contribution < 1.29 is 0 Å². The molecule has 0 aliphatic carbocycles. The molecule has 114 valence electrons. The van der Waals surface area contributed by atoms with Gasteiger partial charge in [0.05, 0.1) is 17.6 Å². The van der Waals surface area contributed by atoms with E-state index in [0.29, 0.717) is 0 Å². The summed E-state index contributed by atoms with van der Waals surface area (Å²) in [5.41, 5.74) is 13.5. The topological polar surface area (TPSA) is 81.7 Å². The lowest BCUT2D eigenvalue weighted by Gasteiger charge is -2.07. The quantitative estimate of drug-likeness (QED) is 0.441. The predicted octanol–water partition coefficient (Wildman–Crippen LogP) is 3.02. The van der Waals surface area contributed by atoms with Crippen LogP contribution in [0.2, 0.25) is 0 Å². The van der Waals surface area contributed by atoms with Crippen molar-refractivity contribution >= 4 is 29.1 Å². The molecule has 0 unspecified atom stereocenters. The summed E-state index contributed by atoms with van der Waals surface area (Å²) < 4.78 is 1.94. The molecule has 0 bridgehead atoms. The molecule has 0 radical (unpaired) electrons. The van der Waals surface area contributed by atoms with E-state index in [1.54, 1.807) is 12.4 Å². The van der Waals surface area contributed by atoms with Gasteiger partial charge in [0.25, 0.3) is 0 Å². The standard InChI is InChI=1S/C18H17N5/c1-2-23-16(12-21-22-18(19)20)9-10-17(23)15-8-7-13-5-3-4-6-14(13)11-15/h2-12H,1H2,(H4,19,20,22)/b21-12-. The third-order valence-corrected chi connectivity index (χ3v) is 3.54. The van der Waals surface area contributed by atoms with Gasteiger partial charge in [-0.2, -0.15) is 5.10 Å². The molecule has 0 aliphatic heterocycles. The van der Waals surface area contributed by atoms with Gasteiger partial charge >= 0.3 is 0 Å². The van der Waals surface area contributed by atoms with Gasteiger partial charge in [-0.15, -0.1) is 5.10 Å². The molecule has 0 fully saturated rings. The molecule has 0 aliphatic rings. The Hall–Kier alpha value is -3.34. The minimum absolute atomic E-state index is 0.0762. The Morgan fingerprint density at radius 1 is 1.00 bits per heavy atom. The van der Waals surface area contributed by atoms with Gasteiger partial charge in [-0.25, -0.2) is 0 Å². The maximum Gasteiger partial charge on any atom is 0.211 e. The van der Waals surface area contributed by atoms with E-state index in [1.807, 2.05) is 28.8 Å². The van der Waals surface area contributed by atoms with Crippen LogP contribution in [0.5, 0.6) is 0 Å². The van der Waals surface area contributed by atoms with Crippen molar-refractivity contribution in [1.29, 1.82) is 0 Å². The number of hydrogen-bond acceptors (Lipinski definition) is 2. The molecule has 0 spiro atoms. The van der Waals surface area contributed by atoms with Gasteiger partial charge < -0.3 is 16.0 Å². The molecule has 5 nitrogen and oxygen atoms in total. The Morgan fingerprint density at radius 2 is 1.78 bits per heavy atom. The van der Waals surface area contributed by atoms with E-state index >= 15 is 0 Å². The summed E-state index contributed by atoms with van der Waals surface area (Å²) in [5, 5.41) is 9.87. The third-order valence-electron chi connectivity index (χ3n) is 3.54. The SMILES string of the molecule is C=Cn1c(/C=N\N=C(N)N)ccc1-c1ccc2ccccc2c1. The van der Waals surface area contributed by atoms with E-state index in [1.165, 1.54) is 10.8 Å². The Labute approximate surface area is 134 Å². The summed E-state index contributed by atoms with van der Waals surface area (Å²) in [7, 11) is 0. The Bertz CT molecular complexity index is 914. The molecule has 0 saturated carbocycles. The molecule has 0 atom stereocenters. The first-order valence-electron chi connectivity index (χ1n) is 7.14. The fourth-order valence-electron chi connectivity index (χ4n) is 2.51. The fraction of sp³-hybridized carbons (Fsp3) is 0. The number of benzene rings is 2. The van der Waals surface area contributed by atoms with Gasteiger partial charge in [0.1, 0.15) is 0 Å². The zero-order valence-corrected chi connectivity index (χ0v) is 12.6. The first kappa shape index (κ1) is 14.6. The van der Waals surface area contributed by atoms with Crippen molar-refractivity contribution in [2.24, 2.45) is 21.7 Å². The van der Waals surface area contributed by atoms with Crippen LogP contribution in [-0.4, -0.2) is 16.7 Å². The summed E-state index contributed by atoms with van der Waals surface area (Å²) in [6, 6.07) is 18.6. The molecule has 3 rings (SSSR count). The van der Waals surface area contributed by atoms with E-state index in [-0.39, 0.29) is 5.96 Å². The fourth-order valence-corrected chi connectivity index (χ4v) is 2.51. The van der Waals surface area contributed by atoms with E-state index < -0.39 is 0 Å². The number of aromatic nitrogens is 1. The van der Waals surface area contributed by atoms with Crippen LogP contribution in [0.25, 0.3) is 28.2 Å². The monoisotopic (exact) mass is 303 g/mol. The zero-order chi connectivity index (χ0) is 16.2. The lowest BCUT2D eigenvalue weighted by molar-refractivity contribution is 1.15. The maximum atomic E-state index is 5.26. The van der Waals surface area contributed by atoms with Gasteiger partial charge in [0, 0.05) is 6.20 Å². The third kappa shape index (κ3) is 2.98. The molecule has 0 amide bonds. The van der Waals surface area contributed by atoms with Crippen molar-refractivity contribution in [3.8, 4) is 11.3 Å². The number of nitrogens with zero attached hydrogens (tertiary/aromatic N) is 3. The van der Waals surface area contributed by atoms with Gasteiger partial charge in [0.15, 0.2) is 0 Å². The summed E-state index contributed by atoms with van der Waals surface area (Å²) >= 11 is 0. The highest BCUT2D eigenvalue weighted by Gasteiger charge is 2.07. The van der Waals surface area contributed by atoms with Crippen molar-refractivity contribution in [2.75, 3.05) is 0 Å². The molecule has 4 N–H and O–H groups in total. The summed E-state index contributed by atoms with van der Waals surface area (Å²) in [5.74, 6) is -0.0762. The molecule has 1 heterocycles. The van der Waals surface area contributed by atoms with Gasteiger partial charge in [-0.1, -0.05) is 43.0 Å². The normalized spacial score (nSPS) is 11.0. The molecule has 2 aromatic carbocycles. The summed E-state index contributed by atoms with van der Waals surface area (Å²) in [6.07, 6.45) is 3.33. The van der Waals surface area contributed by atoms with E-state index in [4.69, 9.17) is 11.5 Å². The lowest BCUT2D eigenvalue weighted by atomic mass is 10.1. The van der Waals surface area contributed by atoms with Crippen molar-refractivity contribution in [3.05, 3.63) is 66.9 Å². The van der Waals surface area contributed by atoms with Gasteiger partial charge in [0.2, 0.25) is 5.96 Å². The van der Waals surface area contributed by atoms with E-state index in [9.17, 15) is 0 Å². The predicted molar refractivity (Wildman–Crippen MR) is 97.2 cm³/mol. The Balaban J connectivity index is 2.05. The highest BCUT2D eigenvalue weighted by molar-refractivity contribution is 5.88. The second kappa shape index (κ2) is 6.19. The van der Waals surface area contributed by atoms with Crippen molar-refractivity contribution in [2.45, 2.75) is 0 Å². The molecule has 5 heteroatoms. The molecule has 3 aromatic rings. The number of hydrogen-bond donors (Lipinski definition) is 2. The molecular formula is C18H17N5. The lowest BCUT2D eigenvalue weighted by Crippen LogP contribution is -2.21. The average molecular weight is 303 g/mol. The van der Waals surface area contributed by atoms with Crippen LogP contribution in [0.15, 0.2) is 71.4 Å². The highest BCUT2D eigenvalue weighted by atomic mass is 15.3. The molecule has 0 saturated heterocycles. The van der Waals surface area contributed by atoms with E-state index in [2.05, 4.69) is 47.1 Å². The van der Waals surface area contributed by atoms with Crippen LogP contribution in [0.3, 0.4) is 0 Å². The molecular weight excluding hydrogens is 286 g/mol. The van der Waals surface area contributed by atoms with Crippen LogP contribution in [0, 0.1) is 0 Å². The van der Waals surface area contributed by atoms with Crippen molar-refractivity contribution in [3.63, 3.8) is 0 Å². The number of fused-ring (bicyclic) bond motifs is 1. The minimum atomic E-state index is -0.0762. The summed E-state index contributed by atoms with van der Waals surface area (Å²) in [4.78, 5) is 0. The van der Waals surface area contributed by atoms with Crippen LogP contribution in [-0.2, 0) is 0 Å². The maximum absolute atomic E-state index is 5.26. The van der Waals surface area contributed by atoms with Crippen LogP contribution in [0.1, 0.15) is 5.69 Å². The molecule has 23 heavy (non-hydrogen) atoms. The minimum Gasteiger partial charge on any atom is -0.369 e. The van der Waals surface area contributed by atoms with Gasteiger partial charge in [-0.3, -0.25) is 0 Å². The molecule has 1 aromatic heterocycles. The van der Waals surface area contributed by atoms with E-state index in [0.717, 1.165) is 17.0 Å². The number of nitrogens with two attached hydrogens (primary N) is 2. The first-order valence-corrected chi connectivity index (χ1v) is 7.14. The largest absolute Gasteiger partial charge is 0.369 e. The number of rotatable bonds is 4. The number of guanidine groups is 1. The van der Waals surface area contributed by atoms with Crippen LogP contribution < -0.4 is 11.5 Å². The van der Waals surface area contributed by atoms with Crippen molar-refractivity contribution in [1.82, 2.24) is 4.57 Å². The summed E-state index contributed by atoms with van der Waals surface area (Å²) in [6.45, 7) is 3.87. The van der Waals surface area contributed by atoms with Crippen LogP contribution in [0.4, 0.5) is 0 Å². The second-order valence-electron chi connectivity index (χ2n) is 5.03. The zero-order valence-electron chi connectivity index (χ0n) is 12.6.